The molecule has 0 fully saturated rings. The Morgan fingerprint density at radius 1 is 1.12 bits per heavy atom. The van der Waals surface area contributed by atoms with E-state index in [2.05, 4.69) is 5.32 Å². The van der Waals surface area contributed by atoms with Gasteiger partial charge in [0.1, 0.15) is 11.6 Å². The average Bonchev–Trinajstić information content (AvgIpc) is 2.56. The summed E-state index contributed by atoms with van der Waals surface area (Å²) in [7, 11) is -1.89. The number of hydrogen-bond donors (Lipinski definition) is 1. The van der Waals surface area contributed by atoms with Crippen LogP contribution >= 0.6 is 0 Å². The van der Waals surface area contributed by atoms with Gasteiger partial charge in [-0.3, -0.25) is 9.10 Å². The van der Waals surface area contributed by atoms with Crippen molar-refractivity contribution in [3.8, 4) is 5.75 Å². The van der Waals surface area contributed by atoms with Crippen molar-refractivity contribution in [2.45, 2.75) is 13.0 Å². The maximum absolute atomic E-state index is 12.9. The number of carbonyl (C=O) groups is 1. The summed E-state index contributed by atoms with van der Waals surface area (Å²) in [5, 5.41) is 2.62. The van der Waals surface area contributed by atoms with Crippen LogP contribution in [0, 0.1) is 5.82 Å². The molecule has 8 heteroatoms. The molecule has 0 aliphatic heterocycles. The lowest BCUT2D eigenvalue weighted by molar-refractivity contribution is -0.122. The van der Waals surface area contributed by atoms with Gasteiger partial charge in [0, 0.05) is 12.7 Å². The molecular formula is C17H19FN2O4S. The molecule has 2 aromatic rings. The average molecular weight is 366 g/mol. The number of amides is 1. The molecule has 1 amide bonds. The molecule has 134 valence electrons. The fraction of sp³-hybridized carbons (Fsp3) is 0.235. The minimum Gasteiger partial charge on any atom is -0.481 e. The molecule has 0 heterocycles. The minimum absolute atomic E-state index is 0.385. The zero-order valence-electron chi connectivity index (χ0n) is 14.1. The zero-order chi connectivity index (χ0) is 18.6. The van der Waals surface area contributed by atoms with Gasteiger partial charge < -0.3 is 10.1 Å². The molecule has 0 aliphatic rings. The van der Waals surface area contributed by atoms with Crippen LogP contribution in [0.5, 0.6) is 5.75 Å². The summed E-state index contributed by atoms with van der Waals surface area (Å²) in [5.74, 6) is -0.349. The van der Waals surface area contributed by atoms with Crippen LogP contribution in [0.25, 0.3) is 0 Å². The lowest BCUT2D eigenvalue weighted by atomic mass is 10.2. The molecule has 25 heavy (non-hydrogen) atoms. The van der Waals surface area contributed by atoms with Gasteiger partial charge in [0.25, 0.3) is 5.91 Å². The van der Waals surface area contributed by atoms with Gasteiger partial charge in [0.15, 0.2) is 6.10 Å². The number of halogens is 1. The highest BCUT2D eigenvalue weighted by atomic mass is 32.2. The molecule has 6 nitrogen and oxygen atoms in total. The van der Waals surface area contributed by atoms with E-state index in [1.807, 2.05) is 0 Å². The number of anilines is 2. The van der Waals surface area contributed by atoms with Gasteiger partial charge in [0.2, 0.25) is 10.0 Å². The van der Waals surface area contributed by atoms with Crippen LogP contribution in [-0.4, -0.2) is 33.7 Å². The van der Waals surface area contributed by atoms with Crippen LogP contribution in [0.3, 0.4) is 0 Å². The highest BCUT2D eigenvalue weighted by Crippen LogP contribution is 2.21. The zero-order valence-corrected chi connectivity index (χ0v) is 14.9. The number of rotatable bonds is 6. The van der Waals surface area contributed by atoms with E-state index in [0.717, 1.165) is 10.6 Å². The number of sulfonamides is 1. The van der Waals surface area contributed by atoms with Gasteiger partial charge >= 0.3 is 0 Å². The molecule has 0 unspecified atom stereocenters. The number of ether oxygens (including phenoxy) is 1. The molecule has 2 rings (SSSR count). The summed E-state index contributed by atoms with van der Waals surface area (Å²) in [5.41, 5.74) is 0.949. The van der Waals surface area contributed by atoms with Crippen molar-refractivity contribution in [3.63, 3.8) is 0 Å². The summed E-state index contributed by atoms with van der Waals surface area (Å²) in [6, 6.07) is 11.7. The molecule has 0 bridgehead atoms. The summed E-state index contributed by atoms with van der Waals surface area (Å²) in [6.45, 7) is 1.58. The van der Waals surface area contributed by atoms with Gasteiger partial charge in [0.05, 0.1) is 11.9 Å². The molecule has 0 saturated heterocycles. The third-order valence-corrected chi connectivity index (χ3v) is 4.70. The third-order valence-electron chi connectivity index (χ3n) is 3.49. The first-order valence-electron chi connectivity index (χ1n) is 7.44. The molecule has 2 aromatic carbocycles. The van der Waals surface area contributed by atoms with Crippen molar-refractivity contribution in [2.24, 2.45) is 0 Å². The first-order valence-corrected chi connectivity index (χ1v) is 9.28. The second kappa shape index (κ2) is 7.52. The smallest absolute Gasteiger partial charge is 0.265 e. The monoisotopic (exact) mass is 366 g/mol. The van der Waals surface area contributed by atoms with E-state index in [4.69, 9.17) is 4.74 Å². The Balaban J connectivity index is 1.99. The summed E-state index contributed by atoms with van der Waals surface area (Å²) >= 11 is 0. The van der Waals surface area contributed by atoms with Crippen molar-refractivity contribution < 1.29 is 22.3 Å². The topological polar surface area (TPSA) is 75.7 Å². The maximum Gasteiger partial charge on any atom is 0.265 e. The van der Waals surface area contributed by atoms with Gasteiger partial charge in [-0.15, -0.1) is 0 Å². The Bertz CT molecular complexity index is 836. The summed E-state index contributed by atoms with van der Waals surface area (Å²) in [4.78, 5) is 12.1. The molecule has 0 spiro atoms. The van der Waals surface area contributed by atoms with E-state index in [-0.39, 0.29) is 11.7 Å². The van der Waals surface area contributed by atoms with Gasteiger partial charge in [-0.25, -0.2) is 12.8 Å². The number of hydrogen-bond acceptors (Lipinski definition) is 4. The van der Waals surface area contributed by atoms with Crippen LogP contribution in [0.2, 0.25) is 0 Å². The van der Waals surface area contributed by atoms with Gasteiger partial charge in [-0.1, -0.05) is 0 Å². The van der Waals surface area contributed by atoms with Gasteiger partial charge in [-0.05, 0) is 55.5 Å². The SMILES string of the molecule is C[C@H](Oc1ccc(N(C)S(C)(=O)=O)cc1)C(=O)Nc1ccc(F)cc1. The predicted molar refractivity (Wildman–Crippen MR) is 94.8 cm³/mol. The first kappa shape index (κ1) is 18.7. The third kappa shape index (κ3) is 5.18. The second-order valence-electron chi connectivity index (χ2n) is 5.48. The van der Waals surface area contributed by atoms with E-state index < -0.39 is 16.1 Å². The van der Waals surface area contributed by atoms with E-state index in [1.165, 1.54) is 31.3 Å². The number of nitrogens with one attached hydrogen (secondary N) is 1. The largest absolute Gasteiger partial charge is 0.481 e. The van der Waals surface area contributed by atoms with Crippen LogP contribution in [-0.2, 0) is 14.8 Å². The lowest BCUT2D eigenvalue weighted by Crippen LogP contribution is -2.30. The Kier molecular flexibility index (Phi) is 5.63. The Morgan fingerprint density at radius 2 is 1.68 bits per heavy atom. The lowest BCUT2D eigenvalue weighted by Gasteiger charge is -2.18. The minimum atomic E-state index is -3.34. The molecule has 0 radical (unpaired) electrons. The highest BCUT2D eigenvalue weighted by Gasteiger charge is 2.16. The normalized spacial score (nSPS) is 12.3. The Hall–Kier alpha value is -2.61. The fourth-order valence-corrected chi connectivity index (χ4v) is 2.47. The molecule has 1 atom stereocenters. The Labute approximate surface area is 146 Å². The van der Waals surface area contributed by atoms with E-state index in [0.29, 0.717) is 17.1 Å². The first-order chi connectivity index (χ1) is 11.7. The summed E-state index contributed by atoms with van der Waals surface area (Å²) < 4.78 is 42.5. The van der Waals surface area contributed by atoms with Crippen molar-refractivity contribution in [1.29, 1.82) is 0 Å². The van der Waals surface area contributed by atoms with E-state index in [9.17, 15) is 17.6 Å². The van der Waals surface area contributed by atoms with Crippen LogP contribution in [0.15, 0.2) is 48.5 Å². The van der Waals surface area contributed by atoms with E-state index >= 15 is 0 Å². The van der Waals surface area contributed by atoms with Gasteiger partial charge in [-0.2, -0.15) is 0 Å². The predicted octanol–water partition coefficient (Wildman–Crippen LogP) is 2.63. The van der Waals surface area contributed by atoms with Crippen molar-refractivity contribution >= 4 is 27.3 Å². The molecular weight excluding hydrogens is 347 g/mol. The molecule has 0 saturated carbocycles. The summed E-state index contributed by atoms with van der Waals surface area (Å²) in [6.07, 6.45) is 0.322. The molecule has 0 aliphatic carbocycles. The number of carbonyl (C=O) groups excluding carboxylic acids is 1. The highest BCUT2D eigenvalue weighted by molar-refractivity contribution is 7.92. The Morgan fingerprint density at radius 3 is 2.20 bits per heavy atom. The number of benzene rings is 2. The quantitative estimate of drug-likeness (QED) is 0.853. The van der Waals surface area contributed by atoms with E-state index in [1.54, 1.807) is 31.2 Å². The number of nitrogens with zero attached hydrogens (tertiary/aromatic N) is 1. The second-order valence-corrected chi connectivity index (χ2v) is 7.49. The van der Waals surface area contributed by atoms with Crippen molar-refractivity contribution in [1.82, 2.24) is 0 Å². The molecule has 1 N–H and O–H groups in total. The van der Waals surface area contributed by atoms with Crippen LogP contribution < -0.4 is 14.4 Å². The standard InChI is InChI=1S/C17H19FN2O4S/c1-12(17(21)19-14-6-4-13(18)5-7-14)24-16-10-8-15(9-11-16)20(2)25(3,22)23/h4-12H,1-3H3,(H,19,21)/t12-/m0/s1. The van der Waals surface area contributed by atoms with Crippen LogP contribution in [0.4, 0.5) is 15.8 Å². The fourth-order valence-electron chi connectivity index (χ4n) is 1.96. The van der Waals surface area contributed by atoms with Crippen LogP contribution in [0.1, 0.15) is 6.92 Å². The van der Waals surface area contributed by atoms with Crippen molar-refractivity contribution in [2.75, 3.05) is 22.9 Å². The molecule has 0 aromatic heterocycles. The maximum atomic E-state index is 12.9. The van der Waals surface area contributed by atoms with Crippen molar-refractivity contribution in [3.05, 3.63) is 54.3 Å².